The number of carbonyl (C=O) groups is 3. The van der Waals surface area contributed by atoms with Crippen LogP contribution in [0.15, 0.2) is 54.6 Å². The van der Waals surface area contributed by atoms with Crippen molar-refractivity contribution in [3.05, 3.63) is 77.1 Å². The molecule has 0 bridgehead atoms. The first-order chi connectivity index (χ1) is 17.0. The Labute approximate surface area is 206 Å². The maximum absolute atomic E-state index is 13.3. The van der Waals surface area contributed by atoms with Gasteiger partial charge < -0.3 is 19.4 Å². The number of benzene rings is 2. The smallest absolute Gasteiger partial charge is 0.387 e. The van der Waals surface area contributed by atoms with Gasteiger partial charge in [0.05, 0.1) is 13.7 Å². The fraction of sp³-hybridized carbons (Fsp3) is 0.269. The first-order valence-electron chi connectivity index (χ1n) is 11.1. The standard InChI is InChI=1S/C26H25F2N3O5/c1-15-12-21(16(2)31(15)18-8-10-19(11-9-18)36-24(27)28)22(32)14-30-23(33)26(3,29-25(30)34)17-6-5-7-20(13-17)35-4/h5-13,24H,14H2,1-4H3,(H,29,34)/t26-/m1/s1. The van der Waals surface area contributed by atoms with Crippen molar-refractivity contribution < 1.29 is 32.6 Å². The van der Waals surface area contributed by atoms with Crippen LogP contribution in [-0.4, -0.2) is 47.5 Å². The Bertz CT molecular complexity index is 1340. The number of urea groups is 1. The quantitative estimate of drug-likeness (QED) is 0.369. The molecule has 1 fully saturated rings. The third-order valence-electron chi connectivity index (χ3n) is 6.28. The lowest BCUT2D eigenvalue weighted by Gasteiger charge is -2.22. The van der Waals surface area contributed by atoms with Crippen LogP contribution in [0.3, 0.4) is 0 Å². The van der Waals surface area contributed by atoms with Gasteiger partial charge in [0.1, 0.15) is 17.0 Å². The zero-order valence-corrected chi connectivity index (χ0v) is 20.2. The maximum Gasteiger partial charge on any atom is 0.387 e. The van der Waals surface area contributed by atoms with E-state index in [1.807, 2.05) is 0 Å². The van der Waals surface area contributed by atoms with Crippen LogP contribution in [0.25, 0.3) is 5.69 Å². The molecule has 0 unspecified atom stereocenters. The molecule has 1 N–H and O–H groups in total. The minimum absolute atomic E-state index is 0.0187. The average molecular weight is 497 g/mol. The molecule has 2 heterocycles. The number of ether oxygens (including phenoxy) is 2. The number of halogens is 2. The highest BCUT2D eigenvalue weighted by molar-refractivity contribution is 6.11. The molecule has 0 aliphatic carbocycles. The first kappa shape index (κ1) is 24.9. The van der Waals surface area contributed by atoms with Crippen LogP contribution in [-0.2, 0) is 10.3 Å². The monoisotopic (exact) mass is 497 g/mol. The van der Waals surface area contributed by atoms with Gasteiger partial charge in [0, 0.05) is 22.6 Å². The fourth-order valence-electron chi connectivity index (χ4n) is 4.42. The molecule has 1 aliphatic heterocycles. The van der Waals surface area contributed by atoms with E-state index in [2.05, 4.69) is 10.1 Å². The number of hydrogen-bond donors (Lipinski definition) is 1. The second kappa shape index (κ2) is 9.44. The number of amides is 3. The summed E-state index contributed by atoms with van der Waals surface area (Å²) in [4.78, 5) is 40.1. The summed E-state index contributed by atoms with van der Waals surface area (Å²) >= 11 is 0. The highest BCUT2D eigenvalue weighted by atomic mass is 19.3. The van der Waals surface area contributed by atoms with E-state index >= 15 is 0 Å². The Kier molecular flexibility index (Phi) is 6.53. The number of imide groups is 1. The van der Waals surface area contributed by atoms with E-state index in [0.717, 1.165) is 10.6 Å². The Hall–Kier alpha value is -4.21. The Morgan fingerprint density at radius 1 is 1.06 bits per heavy atom. The lowest BCUT2D eigenvalue weighted by Crippen LogP contribution is -2.41. The molecule has 0 spiro atoms. The topological polar surface area (TPSA) is 89.9 Å². The van der Waals surface area contributed by atoms with Gasteiger partial charge >= 0.3 is 12.6 Å². The van der Waals surface area contributed by atoms with Gasteiger partial charge in [-0.3, -0.25) is 14.5 Å². The summed E-state index contributed by atoms with van der Waals surface area (Å²) in [5.41, 5.74) is 1.49. The van der Waals surface area contributed by atoms with Crippen molar-refractivity contribution in [1.82, 2.24) is 14.8 Å². The van der Waals surface area contributed by atoms with E-state index in [0.29, 0.717) is 28.3 Å². The van der Waals surface area contributed by atoms with Crippen molar-refractivity contribution in [3.63, 3.8) is 0 Å². The highest BCUT2D eigenvalue weighted by Gasteiger charge is 2.49. The minimum Gasteiger partial charge on any atom is -0.497 e. The van der Waals surface area contributed by atoms with Gasteiger partial charge in [-0.05, 0) is 68.8 Å². The van der Waals surface area contributed by atoms with Gasteiger partial charge in [-0.25, -0.2) is 4.79 Å². The average Bonchev–Trinajstić information content (AvgIpc) is 3.26. The SMILES string of the molecule is COc1cccc([C@@]2(C)NC(=O)N(CC(=O)c3cc(C)n(-c4ccc(OC(F)F)cc4)c3C)C2=O)c1. The predicted octanol–water partition coefficient (Wildman–Crippen LogP) is 4.35. The van der Waals surface area contributed by atoms with Gasteiger partial charge in [0.25, 0.3) is 5.91 Å². The molecule has 188 valence electrons. The second-order valence-corrected chi connectivity index (χ2v) is 8.59. The highest BCUT2D eigenvalue weighted by Crippen LogP contribution is 2.31. The summed E-state index contributed by atoms with van der Waals surface area (Å²) in [5, 5.41) is 2.69. The van der Waals surface area contributed by atoms with E-state index in [9.17, 15) is 23.2 Å². The summed E-state index contributed by atoms with van der Waals surface area (Å²) < 4.78 is 36.3. The molecular weight excluding hydrogens is 472 g/mol. The molecule has 8 nitrogen and oxygen atoms in total. The second-order valence-electron chi connectivity index (χ2n) is 8.59. The van der Waals surface area contributed by atoms with Crippen LogP contribution in [0.2, 0.25) is 0 Å². The minimum atomic E-state index is -2.92. The number of Topliss-reactive ketones (excluding diaryl/α,β-unsaturated/α-hetero) is 1. The van der Waals surface area contributed by atoms with Gasteiger partial charge in [-0.15, -0.1) is 0 Å². The predicted molar refractivity (Wildman–Crippen MR) is 127 cm³/mol. The number of rotatable bonds is 8. The number of aromatic nitrogens is 1. The number of nitrogens with one attached hydrogen (secondary N) is 1. The summed E-state index contributed by atoms with van der Waals surface area (Å²) in [6.07, 6.45) is 0. The lowest BCUT2D eigenvalue weighted by molar-refractivity contribution is -0.130. The maximum atomic E-state index is 13.3. The largest absolute Gasteiger partial charge is 0.497 e. The molecular formula is C26H25F2N3O5. The molecule has 0 saturated carbocycles. The zero-order valence-electron chi connectivity index (χ0n) is 20.2. The molecule has 1 aromatic heterocycles. The molecule has 10 heteroatoms. The number of nitrogens with zero attached hydrogens (tertiary/aromatic N) is 2. The number of hydrogen-bond acceptors (Lipinski definition) is 5. The molecule has 1 saturated heterocycles. The van der Waals surface area contributed by atoms with Gasteiger partial charge in [-0.2, -0.15) is 8.78 Å². The molecule has 3 amide bonds. The third-order valence-corrected chi connectivity index (χ3v) is 6.28. The van der Waals surface area contributed by atoms with E-state index in [4.69, 9.17) is 4.74 Å². The zero-order chi connectivity index (χ0) is 26.2. The van der Waals surface area contributed by atoms with Gasteiger partial charge in [0.2, 0.25) is 0 Å². The molecule has 3 aromatic rings. The van der Waals surface area contributed by atoms with Crippen molar-refractivity contribution in [2.75, 3.05) is 13.7 Å². The molecule has 2 aromatic carbocycles. The Morgan fingerprint density at radius 3 is 2.39 bits per heavy atom. The number of ketones is 1. The number of carbonyl (C=O) groups excluding carboxylic acids is 3. The Morgan fingerprint density at radius 2 is 1.75 bits per heavy atom. The van der Waals surface area contributed by atoms with Crippen molar-refractivity contribution in [1.29, 1.82) is 0 Å². The van der Waals surface area contributed by atoms with Crippen LogP contribution >= 0.6 is 0 Å². The van der Waals surface area contributed by atoms with Crippen LogP contribution in [0.5, 0.6) is 11.5 Å². The van der Waals surface area contributed by atoms with Crippen molar-refractivity contribution in [3.8, 4) is 17.2 Å². The summed E-state index contributed by atoms with van der Waals surface area (Å²) in [6, 6.07) is 13.8. The van der Waals surface area contributed by atoms with E-state index < -0.39 is 36.4 Å². The van der Waals surface area contributed by atoms with E-state index in [1.54, 1.807) is 67.8 Å². The Balaban J connectivity index is 1.57. The van der Waals surface area contributed by atoms with Crippen LogP contribution in [0.4, 0.5) is 13.6 Å². The molecule has 4 rings (SSSR count). The van der Waals surface area contributed by atoms with E-state index in [-0.39, 0.29) is 5.75 Å². The molecule has 36 heavy (non-hydrogen) atoms. The first-order valence-corrected chi connectivity index (χ1v) is 11.1. The number of alkyl halides is 2. The summed E-state index contributed by atoms with van der Waals surface area (Å²) in [6.45, 7) is 1.75. The summed E-state index contributed by atoms with van der Waals surface area (Å²) in [5.74, 6) is -0.403. The van der Waals surface area contributed by atoms with Crippen molar-refractivity contribution in [2.24, 2.45) is 0 Å². The number of methoxy groups -OCH3 is 1. The van der Waals surface area contributed by atoms with Crippen LogP contribution < -0.4 is 14.8 Å². The third kappa shape index (κ3) is 4.41. The molecule has 0 radical (unpaired) electrons. The number of aryl methyl sites for hydroxylation is 1. The van der Waals surface area contributed by atoms with Gasteiger partial charge in [0.15, 0.2) is 5.78 Å². The fourth-order valence-corrected chi connectivity index (χ4v) is 4.42. The van der Waals surface area contributed by atoms with E-state index in [1.165, 1.54) is 19.2 Å². The van der Waals surface area contributed by atoms with Crippen LogP contribution in [0.1, 0.15) is 34.2 Å². The molecule has 1 aliphatic rings. The van der Waals surface area contributed by atoms with Crippen LogP contribution in [0, 0.1) is 13.8 Å². The normalized spacial score (nSPS) is 17.5. The molecule has 1 atom stereocenters. The lowest BCUT2D eigenvalue weighted by atomic mass is 9.92. The van der Waals surface area contributed by atoms with Crippen molar-refractivity contribution >= 4 is 17.7 Å². The van der Waals surface area contributed by atoms with Crippen molar-refractivity contribution in [2.45, 2.75) is 32.9 Å². The summed E-state index contributed by atoms with van der Waals surface area (Å²) in [7, 11) is 1.50. The van der Waals surface area contributed by atoms with Gasteiger partial charge in [-0.1, -0.05) is 12.1 Å².